The van der Waals surface area contributed by atoms with Crippen molar-refractivity contribution in [3.63, 3.8) is 0 Å². The van der Waals surface area contributed by atoms with Crippen molar-refractivity contribution < 1.29 is 26.8 Å². The average Bonchev–Trinajstić information content (AvgIpc) is 3.04. The molecule has 3 amide bonds. The number of carbonyl (C=O) groups is 2. The van der Waals surface area contributed by atoms with Gasteiger partial charge in [0.2, 0.25) is 5.91 Å². The molecular weight excluding hydrogens is 476 g/mol. The van der Waals surface area contributed by atoms with Crippen molar-refractivity contribution in [1.29, 1.82) is 0 Å². The molecule has 1 atom stereocenters. The van der Waals surface area contributed by atoms with E-state index in [1.165, 1.54) is 20.8 Å². The number of nitrogens with zero attached hydrogens (tertiary/aromatic N) is 3. The van der Waals surface area contributed by atoms with Crippen LogP contribution in [-0.2, 0) is 14.6 Å². The van der Waals surface area contributed by atoms with Crippen LogP contribution in [0.2, 0.25) is 5.02 Å². The van der Waals surface area contributed by atoms with Crippen molar-refractivity contribution in [1.82, 2.24) is 9.80 Å². The summed E-state index contributed by atoms with van der Waals surface area (Å²) < 4.78 is 52.4. The number of urea groups is 1. The lowest BCUT2D eigenvalue weighted by atomic mass is 10.1. The summed E-state index contributed by atoms with van der Waals surface area (Å²) in [7, 11) is -3.53. The van der Waals surface area contributed by atoms with E-state index in [0.29, 0.717) is 10.6 Å². The van der Waals surface area contributed by atoms with E-state index in [2.05, 4.69) is 0 Å². The van der Waals surface area contributed by atoms with Crippen LogP contribution in [0.4, 0.5) is 19.3 Å². The molecule has 33 heavy (non-hydrogen) atoms. The molecule has 1 unspecified atom stereocenters. The van der Waals surface area contributed by atoms with Crippen LogP contribution in [0.3, 0.4) is 0 Å². The Balaban J connectivity index is 1.42. The topological polar surface area (TPSA) is 78.0 Å². The molecule has 11 heteroatoms. The summed E-state index contributed by atoms with van der Waals surface area (Å²) in [6, 6.07) is 9.45. The Morgan fingerprint density at radius 2 is 1.79 bits per heavy atom. The number of amides is 3. The third kappa shape index (κ3) is 4.81. The summed E-state index contributed by atoms with van der Waals surface area (Å²) in [5.41, 5.74) is 0.725. The Morgan fingerprint density at radius 1 is 1.03 bits per heavy atom. The van der Waals surface area contributed by atoms with Gasteiger partial charge in [-0.25, -0.2) is 22.0 Å². The van der Waals surface area contributed by atoms with Gasteiger partial charge in [0.25, 0.3) is 0 Å². The van der Waals surface area contributed by atoms with Gasteiger partial charge in [0.05, 0.1) is 11.0 Å². The number of sulfone groups is 1. The van der Waals surface area contributed by atoms with E-state index in [0.717, 1.165) is 12.1 Å². The summed E-state index contributed by atoms with van der Waals surface area (Å²) in [6.45, 7) is 0.466. The molecule has 2 aliphatic heterocycles. The van der Waals surface area contributed by atoms with Crippen LogP contribution >= 0.6 is 11.6 Å². The summed E-state index contributed by atoms with van der Waals surface area (Å²) >= 11 is 6.21. The second kappa shape index (κ2) is 9.26. The van der Waals surface area contributed by atoms with Gasteiger partial charge < -0.3 is 9.80 Å². The van der Waals surface area contributed by atoms with E-state index in [-0.39, 0.29) is 56.5 Å². The molecule has 0 aliphatic carbocycles. The van der Waals surface area contributed by atoms with E-state index in [1.54, 1.807) is 24.3 Å². The van der Waals surface area contributed by atoms with Crippen molar-refractivity contribution >= 4 is 39.1 Å². The van der Waals surface area contributed by atoms with Gasteiger partial charge in [-0.15, -0.1) is 0 Å². The Morgan fingerprint density at radius 3 is 2.52 bits per heavy atom. The fourth-order valence-electron chi connectivity index (χ4n) is 4.16. The highest BCUT2D eigenvalue weighted by Crippen LogP contribution is 2.34. The number of anilines is 1. The molecule has 0 saturated carbocycles. The number of halogens is 3. The normalized spacial score (nSPS) is 20.8. The van der Waals surface area contributed by atoms with E-state index < -0.39 is 32.8 Å². The highest BCUT2D eigenvalue weighted by molar-refractivity contribution is 7.91. The number of hydrogen-bond donors (Lipinski definition) is 0. The lowest BCUT2D eigenvalue weighted by Gasteiger charge is -2.24. The molecule has 0 N–H and O–H groups in total. The predicted octanol–water partition coefficient (Wildman–Crippen LogP) is 3.25. The van der Waals surface area contributed by atoms with Crippen LogP contribution in [0.25, 0.3) is 0 Å². The first-order chi connectivity index (χ1) is 15.7. The van der Waals surface area contributed by atoms with Crippen molar-refractivity contribution in [3.05, 3.63) is 64.7 Å². The summed E-state index contributed by atoms with van der Waals surface area (Å²) in [5, 5.41) is -0.438. The standard InChI is InChI=1S/C22H22ClF2N3O4S/c23-17-4-2-1-3-16(17)20-7-8-26(11-12-33(20,31)32)21(29)14-27-9-10-28(22(27)30)15-5-6-18(24)19(25)13-15/h1-6,13,20H,7-12,14H2. The monoisotopic (exact) mass is 497 g/mol. The highest BCUT2D eigenvalue weighted by Gasteiger charge is 2.36. The molecule has 2 fully saturated rings. The Hall–Kier alpha value is -2.72. The molecule has 0 bridgehead atoms. The largest absolute Gasteiger partial charge is 0.340 e. The zero-order valence-electron chi connectivity index (χ0n) is 17.6. The molecule has 0 spiro atoms. The molecule has 0 aromatic heterocycles. The molecule has 176 valence electrons. The maximum Gasteiger partial charge on any atom is 0.325 e. The summed E-state index contributed by atoms with van der Waals surface area (Å²) in [5.74, 6) is -2.65. The maximum absolute atomic E-state index is 13.5. The van der Waals surface area contributed by atoms with Gasteiger partial charge in [-0.1, -0.05) is 29.8 Å². The van der Waals surface area contributed by atoms with Gasteiger partial charge in [0.1, 0.15) is 6.54 Å². The van der Waals surface area contributed by atoms with E-state index in [4.69, 9.17) is 11.6 Å². The van der Waals surface area contributed by atoms with Gasteiger partial charge in [-0.05, 0) is 30.2 Å². The van der Waals surface area contributed by atoms with E-state index >= 15 is 0 Å². The van der Waals surface area contributed by atoms with E-state index in [9.17, 15) is 26.8 Å². The fourth-order valence-corrected chi connectivity index (χ4v) is 6.31. The number of hydrogen-bond acceptors (Lipinski definition) is 4. The van der Waals surface area contributed by atoms with Crippen molar-refractivity contribution in [2.45, 2.75) is 11.7 Å². The molecule has 2 aromatic carbocycles. The van der Waals surface area contributed by atoms with Crippen molar-refractivity contribution in [3.8, 4) is 0 Å². The zero-order valence-corrected chi connectivity index (χ0v) is 19.2. The molecule has 4 rings (SSSR count). The third-order valence-corrected chi connectivity index (χ3v) is 8.43. The molecule has 7 nitrogen and oxygen atoms in total. The van der Waals surface area contributed by atoms with Crippen LogP contribution in [0.5, 0.6) is 0 Å². The third-order valence-electron chi connectivity index (χ3n) is 5.98. The molecule has 0 radical (unpaired) electrons. The number of carbonyl (C=O) groups excluding carboxylic acids is 2. The fraction of sp³-hybridized carbons (Fsp3) is 0.364. The van der Waals surface area contributed by atoms with Gasteiger partial charge in [0.15, 0.2) is 21.5 Å². The number of benzene rings is 2. The first-order valence-corrected chi connectivity index (χ1v) is 12.5. The first-order valence-electron chi connectivity index (χ1n) is 10.4. The van der Waals surface area contributed by atoms with Gasteiger partial charge >= 0.3 is 6.03 Å². The Bertz CT molecular complexity index is 1190. The smallest absolute Gasteiger partial charge is 0.325 e. The van der Waals surface area contributed by atoms with Crippen molar-refractivity contribution in [2.24, 2.45) is 0 Å². The van der Waals surface area contributed by atoms with Crippen LogP contribution in [0.1, 0.15) is 17.2 Å². The average molecular weight is 498 g/mol. The van der Waals surface area contributed by atoms with Gasteiger partial charge in [-0.3, -0.25) is 9.69 Å². The second-order valence-corrected chi connectivity index (χ2v) is 10.7. The maximum atomic E-state index is 13.5. The minimum Gasteiger partial charge on any atom is -0.340 e. The Kier molecular flexibility index (Phi) is 6.58. The lowest BCUT2D eigenvalue weighted by Crippen LogP contribution is -2.43. The molecule has 2 aromatic rings. The van der Waals surface area contributed by atoms with Crippen LogP contribution in [-0.4, -0.2) is 68.6 Å². The van der Waals surface area contributed by atoms with Crippen LogP contribution in [0.15, 0.2) is 42.5 Å². The second-order valence-electron chi connectivity index (χ2n) is 8.00. The minimum absolute atomic E-state index is 0.0248. The van der Waals surface area contributed by atoms with Gasteiger partial charge in [-0.2, -0.15) is 0 Å². The van der Waals surface area contributed by atoms with Gasteiger partial charge in [0, 0.05) is 43.0 Å². The molecule has 2 saturated heterocycles. The summed E-state index contributed by atoms with van der Waals surface area (Å²) in [4.78, 5) is 29.7. The van der Waals surface area contributed by atoms with Crippen LogP contribution in [0, 0.1) is 11.6 Å². The highest BCUT2D eigenvalue weighted by atomic mass is 35.5. The predicted molar refractivity (Wildman–Crippen MR) is 120 cm³/mol. The van der Waals surface area contributed by atoms with E-state index in [1.807, 2.05) is 0 Å². The lowest BCUT2D eigenvalue weighted by molar-refractivity contribution is -0.131. The van der Waals surface area contributed by atoms with Crippen LogP contribution < -0.4 is 4.90 Å². The SMILES string of the molecule is O=C(CN1CCN(c2ccc(F)c(F)c2)C1=O)N1CCC(c2ccccc2Cl)S(=O)(=O)CC1. The molecule has 2 aliphatic rings. The first kappa shape index (κ1) is 23.4. The Labute approximate surface area is 195 Å². The van der Waals surface area contributed by atoms with Crippen molar-refractivity contribution in [2.75, 3.05) is 43.4 Å². The summed E-state index contributed by atoms with van der Waals surface area (Å²) in [6.07, 6.45) is 0.201. The molecule has 2 heterocycles. The zero-order chi connectivity index (χ0) is 23.8. The molecular formula is C22H22ClF2N3O4S. The quantitative estimate of drug-likeness (QED) is 0.649. The minimum atomic E-state index is -3.53. The number of rotatable bonds is 4.